The topological polar surface area (TPSA) is 117 Å². The van der Waals surface area contributed by atoms with Crippen molar-refractivity contribution in [2.75, 3.05) is 6.61 Å². The van der Waals surface area contributed by atoms with Crippen molar-refractivity contribution in [1.29, 1.82) is 5.26 Å². The lowest BCUT2D eigenvalue weighted by Crippen LogP contribution is -2.21. The minimum Gasteiger partial charge on any atom is -0.508 e. The van der Waals surface area contributed by atoms with Gasteiger partial charge in [-0.1, -0.05) is 18.5 Å². The SMILES string of the molecule is CCCOc1ccc(-c2[nH]nc3c2C(c2cc(Cl)ccc2O)C(C#N)=C(N)O3)cc1. The van der Waals surface area contributed by atoms with Gasteiger partial charge in [-0.05, 0) is 48.9 Å². The summed E-state index contributed by atoms with van der Waals surface area (Å²) >= 11 is 6.17. The average Bonchev–Trinajstić information content (AvgIpc) is 3.16. The molecule has 0 bridgehead atoms. The molecule has 7 nitrogen and oxygen atoms in total. The molecule has 30 heavy (non-hydrogen) atoms. The van der Waals surface area contributed by atoms with Gasteiger partial charge in [0.05, 0.1) is 23.8 Å². The van der Waals surface area contributed by atoms with Crippen LogP contribution < -0.4 is 15.2 Å². The van der Waals surface area contributed by atoms with Gasteiger partial charge in [0, 0.05) is 16.1 Å². The molecule has 0 fully saturated rings. The van der Waals surface area contributed by atoms with E-state index in [1.165, 1.54) is 6.07 Å². The minimum absolute atomic E-state index is 0.00624. The number of benzene rings is 2. The Morgan fingerprint density at radius 3 is 2.77 bits per heavy atom. The number of nitrogens with two attached hydrogens (primary N) is 1. The van der Waals surface area contributed by atoms with E-state index in [0.29, 0.717) is 28.5 Å². The Morgan fingerprint density at radius 2 is 2.07 bits per heavy atom. The number of ether oxygens (including phenoxy) is 2. The third-order valence-electron chi connectivity index (χ3n) is 4.86. The van der Waals surface area contributed by atoms with Crippen molar-refractivity contribution in [3.63, 3.8) is 0 Å². The first-order valence-electron chi connectivity index (χ1n) is 9.41. The Morgan fingerprint density at radius 1 is 1.30 bits per heavy atom. The van der Waals surface area contributed by atoms with Crippen LogP contribution in [0.15, 0.2) is 53.9 Å². The fourth-order valence-electron chi connectivity index (χ4n) is 3.47. The first-order chi connectivity index (χ1) is 14.5. The molecular formula is C22H19ClN4O3. The number of phenolic OH excluding ortho intramolecular Hbond substituents is 1. The van der Waals surface area contributed by atoms with E-state index in [0.717, 1.165) is 17.7 Å². The molecule has 0 aliphatic carbocycles. The predicted molar refractivity (Wildman–Crippen MR) is 112 cm³/mol. The van der Waals surface area contributed by atoms with E-state index in [-0.39, 0.29) is 23.1 Å². The van der Waals surface area contributed by atoms with Gasteiger partial charge in [-0.15, -0.1) is 5.10 Å². The number of H-pyrrole nitrogens is 1. The average molecular weight is 423 g/mol. The van der Waals surface area contributed by atoms with E-state index in [1.807, 2.05) is 31.2 Å². The van der Waals surface area contributed by atoms with E-state index in [1.54, 1.807) is 12.1 Å². The number of halogens is 1. The van der Waals surface area contributed by atoms with Gasteiger partial charge in [0.15, 0.2) is 0 Å². The van der Waals surface area contributed by atoms with Crippen LogP contribution in [-0.2, 0) is 0 Å². The Hall–Kier alpha value is -3.63. The number of aromatic hydroxyl groups is 1. The molecular weight excluding hydrogens is 404 g/mol. The lowest BCUT2D eigenvalue weighted by atomic mass is 9.82. The molecule has 0 spiro atoms. The summed E-state index contributed by atoms with van der Waals surface area (Å²) in [4.78, 5) is 0. The number of aromatic nitrogens is 2. The maximum atomic E-state index is 10.5. The quantitative estimate of drug-likeness (QED) is 0.559. The van der Waals surface area contributed by atoms with Crippen molar-refractivity contribution in [1.82, 2.24) is 10.2 Å². The third kappa shape index (κ3) is 3.42. The fourth-order valence-corrected chi connectivity index (χ4v) is 3.65. The smallest absolute Gasteiger partial charge is 0.244 e. The molecule has 0 saturated heterocycles. The second-order valence-electron chi connectivity index (χ2n) is 6.82. The van der Waals surface area contributed by atoms with Gasteiger partial charge in [-0.2, -0.15) is 5.26 Å². The van der Waals surface area contributed by atoms with Gasteiger partial charge in [-0.3, -0.25) is 5.10 Å². The lowest BCUT2D eigenvalue weighted by molar-refractivity contribution is 0.317. The Bertz CT molecular complexity index is 1160. The monoisotopic (exact) mass is 422 g/mol. The highest BCUT2D eigenvalue weighted by Crippen LogP contribution is 2.48. The van der Waals surface area contributed by atoms with Crippen LogP contribution in [-0.4, -0.2) is 21.9 Å². The Kier molecular flexibility index (Phi) is 5.25. The van der Waals surface area contributed by atoms with E-state index < -0.39 is 5.92 Å². The number of rotatable bonds is 5. The van der Waals surface area contributed by atoms with E-state index in [2.05, 4.69) is 16.3 Å². The largest absolute Gasteiger partial charge is 0.508 e. The summed E-state index contributed by atoms with van der Waals surface area (Å²) in [5.41, 5.74) is 8.67. The van der Waals surface area contributed by atoms with Crippen LogP contribution >= 0.6 is 11.6 Å². The number of hydrogen-bond donors (Lipinski definition) is 3. The molecule has 2 aromatic carbocycles. The molecule has 2 heterocycles. The molecule has 0 saturated carbocycles. The molecule has 1 atom stereocenters. The van der Waals surface area contributed by atoms with Crippen LogP contribution in [0.25, 0.3) is 11.3 Å². The molecule has 1 aliphatic rings. The maximum Gasteiger partial charge on any atom is 0.244 e. The van der Waals surface area contributed by atoms with Gasteiger partial charge in [0.2, 0.25) is 11.8 Å². The van der Waals surface area contributed by atoms with Crippen molar-refractivity contribution in [2.24, 2.45) is 5.73 Å². The first kappa shape index (κ1) is 19.7. The number of nitrogens with one attached hydrogen (secondary N) is 1. The summed E-state index contributed by atoms with van der Waals surface area (Å²) in [6, 6.07) is 14.3. The standard InChI is InChI=1S/C22H19ClN4O3/c1-2-9-29-14-6-3-12(4-7-14)20-19-18(15-10-13(23)5-8-17(15)28)16(11-24)21(25)30-22(19)27-26-20/h3-8,10,18,28H,2,9,25H2,1H3,(H,26,27). The van der Waals surface area contributed by atoms with E-state index >= 15 is 0 Å². The van der Waals surface area contributed by atoms with Crippen LogP contribution in [0.3, 0.4) is 0 Å². The lowest BCUT2D eigenvalue weighted by Gasteiger charge is -2.24. The highest BCUT2D eigenvalue weighted by molar-refractivity contribution is 6.30. The van der Waals surface area contributed by atoms with Gasteiger partial charge in [0.1, 0.15) is 23.1 Å². The van der Waals surface area contributed by atoms with Crippen molar-refractivity contribution >= 4 is 11.6 Å². The number of nitriles is 1. The van der Waals surface area contributed by atoms with Gasteiger partial charge < -0.3 is 20.3 Å². The summed E-state index contributed by atoms with van der Waals surface area (Å²) < 4.78 is 11.2. The van der Waals surface area contributed by atoms with Crippen LogP contribution in [0.5, 0.6) is 17.4 Å². The molecule has 1 aromatic heterocycles. The van der Waals surface area contributed by atoms with Crippen molar-refractivity contribution in [3.05, 3.63) is 70.1 Å². The second kappa shape index (κ2) is 8.01. The summed E-state index contributed by atoms with van der Waals surface area (Å²) in [5.74, 6) is 0.250. The number of hydrogen-bond acceptors (Lipinski definition) is 6. The predicted octanol–water partition coefficient (Wildman–Crippen LogP) is 4.44. The normalized spacial score (nSPS) is 15.3. The minimum atomic E-state index is -0.692. The molecule has 4 N–H and O–H groups in total. The molecule has 4 rings (SSSR count). The Labute approximate surface area is 178 Å². The Balaban J connectivity index is 1.85. The summed E-state index contributed by atoms with van der Waals surface area (Å²) in [7, 11) is 0. The molecule has 0 amide bonds. The fraction of sp³-hybridized carbons (Fsp3) is 0.182. The molecule has 1 aliphatic heterocycles. The third-order valence-corrected chi connectivity index (χ3v) is 5.09. The zero-order valence-electron chi connectivity index (χ0n) is 16.1. The summed E-state index contributed by atoms with van der Waals surface area (Å²) in [6.07, 6.45) is 0.919. The van der Waals surface area contributed by atoms with Crippen molar-refractivity contribution in [3.8, 4) is 34.7 Å². The summed E-state index contributed by atoms with van der Waals surface area (Å²) in [6.45, 7) is 2.68. The van der Waals surface area contributed by atoms with Crippen molar-refractivity contribution in [2.45, 2.75) is 19.3 Å². The van der Waals surface area contributed by atoms with E-state index in [4.69, 9.17) is 26.8 Å². The van der Waals surface area contributed by atoms with Crippen LogP contribution in [0.1, 0.15) is 30.4 Å². The number of fused-ring (bicyclic) bond motifs is 1. The highest BCUT2D eigenvalue weighted by Gasteiger charge is 2.37. The number of allylic oxidation sites excluding steroid dienone is 1. The van der Waals surface area contributed by atoms with E-state index in [9.17, 15) is 10.4 Å². The second-order valence-corrected chi connectivity index (χ2v) is 7.25. The van der Waals surface area contributed by atoms with Crippen molar-refractivity contribution < 1.29 is 14.6 Å². The molecule has 3 aromatic rings. The number of phenols is 1. The molecule has 0 radical (unpaired) electrons. The van der Waals surface area contributed by atoms with Gasteiger partial charge >= 0.3 is 0 Å². The molecule has 1 unspecified atom stereocenters. The highest BCUT2D eigenvalue weighted by atomic mass is 35.5. The number of nitrogens with zero attached hydrogens (tertiary/aromatic N) is 2. The van der Waals surface area contributed by atoms with Gasteiger partial charge in [-0.25, -0.2) is 0 Å². The maximum absolute atomic E-state index is 10.5. The van der Waals surface area contributed by atoms with Crippen LogP contribution in [0.4, 0.5) is 0 Å². The zero-order chi connectivity index (χ0) is 21.3. The zero-order valence-corrected chi connectivity index (χ0v) is 16.9. The molecule has 152 valence electrons. The summed E-state index contributed by atoms with van der Waals surface area (Å²) in [5, 5.41) is 27.9. The first-order valence-corrected chi connectivity index (χ1v) is 9.78. The number of aromatic amines is 1. The van der Waals surface area contributed by atoms with Crippen LogP contribution in [0, 0.1) is 11.3 Å². The van der Waals surface area contributed by atoms with Crippen LogP contribution in [0.2, 0.25) is 5.02 Å². The van der Waals surface area contributed by atoms with Gasteiger partial charge in [0.25, 0.3) is 0 Å². The molecule has 8 heteroatoms.